The zero-order chi connectivity index (χ0) is 25.5. The number of hydrogen-bond acceptors (Lipinski definition) is 9. The lowest BCUT2D eigenvalue weighted by atomic mass is 10.1. The number of nitrogens with zero attached hydrogens (tertiary/aromatic N) is 7. The summed E-state index contributed by atoms with van der Waals surface area (Å²) in [5, 5.41) is 21.3. The number of pyridine rings is 2. The summed E-state index contributed by atoms with van der Waals surface area (Å²) in [6.45, 7) is 5.84. The molecule has 5 rings (SSSR count). The van der Waals surface area contributed by atoms with Crippen LogP contribution in [0.25, 0.3) is 28.2 Å². The minimum absolute atomic E-state index is 0.181. The number of methoxy groups -OCH3 is 1. The molecule has 36 heavy (non-hydrogen) atoms. The Labute approximate surface area is 208 Å². The molecule has 1 amide bonds. The summed E-state index contributed by atoms with van der Waals surface area (Å²) in [5.41, 5.74) is 2.81. The van der Waals surface area contributed by atoms with Crippen molar-refractivity contribution in [1.82, 2.24) is 29.8 Å². The van der Waals surface area contributed by atoms with Crippen molar-refractivity contribution in [3.63, 3.8) is 0 Å². The Morgan fingerprint density at radius 3 is 2.64 bits per heavy atom. The van der Waals surface area contributed by atoms with Gasteiger partial charge in [0.05, 0.1) is 36.3 Å². The molecule has 0 aliphatic carbocycles. The van der Waals surface area contributed by atoms with Crippen molar-refractivity contribution < 1.29 is 14.1 Å². The monoisotopic (exact) mass is 488 g/mol. The highest BCUT2D eigenvalue weighted by atomic mass is 16.5. The Morgan fingerprint density at radius 1 is 1.17 bits per heavy atom. The fourth-order valence-electron chi connectivity index (χ4n) is 3.90. The third-order valence-corrected chi connectivity index (χ3v) is 5.58. The predicted octanol–water partition coefficient (Wildman–Crippen LogP) is 4.40. The van der Waals surface area contributed by atoms with Crippen LogP contribution in [0.2, 0.25) is 0 Å². The highest BCUT2D eigenvalue weighted by Crippen LogP contribution is 2.29. The lowest BCUT2D eigenvalue weighted by Crippen LogP contribution is -2.35. The van der Waals surface area contributed by atoms with Crippen LogP contribution in [0.4, 0.5) is 10.5 Å². The number of nitriles is 1. The molecule has 0 radical (unpaired) electrons. The molecule has 1 aliphatic rings. The Morgan fingerprint density at radius 2 is 1.97 bits per heavy atom. The van der Waals surface area contributed by atoms with Gasteiger partial charge in [-0.25, -0.2) is 14.8 Å². The molecule has 1 saturated heterocycles. The van der Waals surface area contributed by atoms with Crippen molar-refractivity contribution in [2.24, 2.45) is 0 Å². The Balaban J connectivity index is 0.000000256. The van der Waals surface area contributed by atoms with Crippen molar-refractivity contribution in [2.45, 2.75) is 39.2 Å². The fraction of sp³-hybridized carbons (Fsp3) is 0.360. The molecule has 4 aromatic heterocycles. The topological polar surface area (TPSA) is 135 Å². The van der Waals surface area contributed by atoms with Crippen LogP contribution in [0.15, 0.2) is 47.5 Å². The van der Waals surface area contributed by atoms with Gasteiger partial charge in [0.1, 0.15) is 6.07 Å². The van der Waals surface area contributed by atoms with Gasteiger partial charge in [-0.1, -0.05) is 5.16 Å². The van der Waals surface area contributed by atoms with Gasteiger partial charge >= 0.3 is 6.09 Å². The average Bonchev–Trinajstić information content (AvgIpc) is 3.59. The largest absolute Gasteiger partial charge is 0.453 e. The second-order valence-electron chi connectivity index (χ2n) is 8.59. The first kappa shape index (κ1) is 24.7. The maximum absolute atomic E-state index is 10.9. The van der Waals surface area contributed by atoms with Crippen LogP contribution < -0.4 is 5.32 Å². The van der Waals surface area contributed by atoms with Gasteiger partial charge in [0.25, 0.3) is 0 Å². The molecule has 0 atom stereocenters. The van der Waals surface area contributed by atoms with Gasteiger partial charge in [0, 0.05) is 49.0 Å². The highest BCUT2D eigenvalue weighted by molar-refractivity contribution is 5.79. The molecule has 11 heteroatoms. The van der Waals surface area contributed by atoms with Crippen LogP contribution in [-0.2, 0) is 4.74 Å². The van der Waals surface area contributed by atoms with E-state index in [2.05, 4.69) is 50.2 Å². The Kier molecular flexibility index (Phi) is 7.75. The van der Waals surface area contributed by atoms with Gasteiger partial charge in [0.2, 0.25) is 0 Å². The van der Waals surface area contributed by atoms with Gasteiger partial charge in [-0.15, -0.1) is 0 Å². The highest BCUT2D eigenvalue weighted by Gasteiger charge is 2.16. The normalized spacial score (nSPS) is 13.1. The van der Waals surface area contributed by atoms with Crippen molar-refractivity contribution in [3.05, 3.63) is 48.5 Å². The van der Waals surface area contributed by atoms with Crippen LogP contribution in [0.5, 0.6) is 0 Å². The van der Waals surface area contributed by atoms with Gasteiger partial charge in [-0.2, -0.15) is 15.0 Å². The fourth-order valence-corrected chi connectivity index (χ4v) is 3.90. The zero-order valence-corrected chi connectivity index (χ0v) is 20.5. The number of likely N-dealkylation sites (tertiary alicyclic amines) is 1. The van der Waals surface area contributed by atoms with Crippen LogP contribution >= 0.6 is 0 Å². The molecule has 5 heterocycles. The van der Waals surface area contributed by atoms with E-state index in [-0.39, 0.29) is 12.1 Å². The summed E-state index contributed by atoms with van der Waals surface area (Å²) in [7, 11) is 1.43. The van der Waals surface area contributed by atoms with Crippen LogP contribution in [0.1, 0.15) is 38.7 Å². The summed E-state index contributed by atoms with van der Waals surface area (Å²) in [4.78, 5) is 21.5. The van der Waals surface area contributed by atoms with Gasteiger partial charge < -0.3 is 19.5 Å². The number of carbonyl (C=O) groups is 1. The molecular formula is C25H28N8O3. The molecule has 0 bridgehead atoms. The second-order valence-corrected chi connectivity index (χ2v) is 8.59. The molecule has 186 valence electrons. The summed E-state index contributed by atoms with van der Waals surface area (Å²) in [5.74, 6) is 1.25. The number of anilines is 1. The molecule has 1 aliphatic heterocycles. The Hall–Kier alpha value is -4.46. The molecule has 1 N–H and O–H groups in total. The quantitative estimate of drug-likeness (QED) is 0.443. The van der Waals surface area contributed by atoms with Crippen molar-refractivity contribution in [2.75, 3.05) is 25.5 Å². The maximum Gasteiger partial charge on any atom is 0.409 e. The summed E-state index contributed by atoms with van der Waals surface area (Å²) < 4.78 is 11.5. The standard InChI is InChI=1S/C18H15N7O.C7H13NO2/c1-11(2)24-15-6-17(20-10-14(15)16-3-4-23-26-16)25-18-13(9-22-25)5-12(7-19)8-21-18;1-10-7(9)8-5-3-2-4-6-8/h3-6,8-11H,1-2H3,(H,20,24);2-6H2,1H3. The van der Waals surface area contributed by atoms with E-state index in [9.17, 15) is 4.79 Å². The third kappa shape index (κ3) is 5.60. The Bertz CT molecular complexity index is 1350. The third-order valence-electron chi connectivity index (χ3n) is 5.58. The number of carbonyl (C=O) groups excluding carboxylic acids is 1. The van der Waals surface area contributed by atoms with E-state index >= 15 is 0 Å². The molecule has 0 spiro atoms. The lowest BCUT2D eigenvalue weighted by Gasteiger charge is -2.24. The van der Waals surface area contributed by atoms with Crippen molar-refractivity contribution >= 4 is 22.8 Å². The molecule has 1 fully saturated rings. The first-order valence-corrected chi connectivity index (χ1v) is 11.7. The van der Waals surface area contributed by atoms with E-state index < -0.39 is 0 Å². The zero-order valence-electron chi connectivity index (χ0n) is 20.5. The van der Waals surface area contributed by atoms with Crippen LogP contribution in [0, 0.1) is 11.3 Å². The number of piperidine rings is 1. The number of fused-ring (bicyclic) bond motifs is 1. The minimum atomic E-state index is -0.181. The van der Waals surface area contributed by atoms with E-state index in [0.717, 1.165) is 42.6 Å². The summed E-state index contributed by atoms with van der Waals surface area (Å²) in [6.07, 6.45) is 9.82. The molecule has 0 unspecified atom stereocenters. The summed E-state index contributed by atoms with van der Waals surface area (Å²) in [6, 6.07) is 7.73. The summed E-state index contributed by atoms with van der Waals surface area (Å²) >= 11 is 0. The number of hydrogen-bond donors (Lipinski definition) is 1. The predicted molar refractivity (Wildman–Crippen MR) is 133 cm³/mol. The number of aromatic nitrogens is 5. The lowest BCUT2D eigenvalue weighted by molar-refractivity contribution is 0.115. The number of rotatable bonds is 4. The van der Waals surface area contributed by atoms with Gasteiger partial charge in [-0.05, 0) is 39.2 Å². The second kappa shape index (κ2) is 11.3. The van der Waals surface area contributed by atoms with Gasteiger partial charge in [-0.3, -0.25) is 0 Å². The molecular weight excluding hydrogens is 460 g/mol. The first-order chi connectivity index (χ1) is 17.5. The van der Waals surface area contributed by atoms with Crippen LogP contribution in [-0.4, -0.2) is 62.1 Å². The smallest absolute Gasteiger partial charge is 0.409 e. The average molecular weight is 489 g/mol. The minimum Gasteiger partial charge on any atom is -0.453 e. The van der Waals surface area contributed by atoms with E-state index in [0.29, 0.717) is 22.8 Å². The van der Waals surface area contributed by atoms with Crippen LogP contribution in [0.3, 0.4) is 0 Å². The molecule has 11 nitrogen and oxygen atoms in total. The van der Waals surface area contributed by atoms with E-state index in [4.69, 9.17) is 9.78 Å². The molecule has 0 saturated carbocycles. The SMILES string of the molecule is CC(C)Nc1cc(-n2ncc3cc(C#N)cnc32)ncc1-c1ccno1.COC(=O)N1CCCCC1. The number of amides is 1. The van der Waals surface area contributed by atoms with Gasteiger partial charge in [0.15, 0.2) is 17.2 Å². The first-order valence-electron chi connectivity index (χ1n) is 11.7. The number of ether oxygens (including phenoxy) is 1. The van der Waals surface area contributed by atoms with E-state index in [1.807, 2.05) is 6.07 Å². The van der Waals surface area contributed by atoms with E-state index in [1.165, 1.54) is 19.7 Å². The molecule has 0 aromatic carbocycles. The van der Waals surface area contributed by atoms with E-state index in [1.54, 1.807) is 40.3 Å². The number of nitrogens with one attached hydrogen (secondary N) is 1. The maximum atomic E-state index is 10.9. The van der Waals surface area contributed by atoms with Crippen molar-refractivity contribution in [1.29, 1.82) is 5.26 Å². The molecule has 4 aromatic rings. The van der Waals surface area contributed by atoms with Crippen molar-refractivity contribution in [3.8, 4) is 23.2 Å².